The van der Waals surface area contributed by atoms with Crippen molar-refractivity contribution in [3.8, 4) is 0 Å². The number of benzene rings is 2. The third-order valence-electron chi connectivity index (χ3n) is 2.08. The van der Waals surface area contributed by atoms with Crippen LogP contribution in [0.15, 0.2) is 53.4 Å². The number of hydrogen-bond donors (Lipinski definition) is 1. The summed E-state index contributed by atoms with van der Waals surface area (Å²) in [6.45, 7) is 0. The van der Waals surface area contributed by atoms with Crippen molar-refractivity contribution in [2.45, 2.75) is 4.90 Å². The molecule has 0 saturated heterocycles. The summed E-state index contributed by atoms with van der Waals surface area (Å²) >= 11 is 5.62. The van der Waals surface area contributed by atoms with Crippen molar-refractivity contribution in [2.24, 2.45) is 0 Å². The molecule has 0 heterocycles. The Bertz CT molecular complexity index is 547. The zero-order chi connectivity index (χ0) is 12.3. The van der Waals surface area contributed by atoms with E-state index in [1.54, 1.807) is 24.3 Å². The summed E-state index contributed by atoms with van der Waals surface area (Å²) in [5, 5.41) is 0.281. The van der Waals surface area contributed by atoms with Crippen LogP contribution in [-0.4, -0.2) is 4.21 Å². The molecule has 2 aromatic carbocycles. The molecule has 0 radical (unpaired) electrons. The number of halogens is 2. The van der Waals surface area contributed by atoms with Gasteiger partial charge in [0, 0.05) is 10.7 Å². The van der Waals surface area contributed by atoms with Gasteiger partial charge in [-0.3, -0.25) is 0 Å². The van der Waals surface area contributed by atoms with E-state index in [-0.39, 0.29) is 9.92 Å². The highest BCUT2D eigenvalue weighted by Gasteiger charge is 2.10. The second-order valence-electron chi connectivity index (χ2n) is 3.31. The monoisotopic (exact) mass is 269 g/mol. The van der Waals surface area contributed by atoms with Crippen LogP contribution in [0.5, 0.6) is 0 Å². The van der Waals surface area contributed by atoms with Crippen molar-refractivity contribution < 1.29 is 8.60 Å². The van der Waals surface area contributed by atoms with E-state index in [0.29, 0.717) is 5.69 Å². The summed E-state index contributed by atoms with van der Waals surface area (Å²) in [5.74, 6) is -0.584. The van der Waals surface area contributed by atoms with Crippen LogP contribution in [0.4, 0.5) is 10.1 Å². The Hall–Kier alpha value is -1.39. The van der Waals surface area contributed by atoms with E-state index in [0.717, 1.165) is 6.07 Å². The van der Waals surface area contributed by atoms with Gasteiger partial charge in [0.1, 0.15) is 5.82 Å². The van der Waals surface area contributed by atoms with Gasteiger partial charge in [-0.05, 0) is 30.3 Å². The van der Waals surface area contributed by atoms with Gasteiger partial charge in [-0.1, -0.05) is 29.8 Å². The molecule has 5 heteroatoms. The average molecular weight is 270 g/mol. The van der Waals surface area contributed by atoms with Crippen molar-refractivity contribution in [2.75, 3.05) is 4.72 Å². The Balaban J connectivity index is 2.21. The van der Waals surface area contributed by atoms with Gasteiger partial charge in [-0.2, -0.15) is 0 Å². The molecule has 0 bridgehead atoms. The van der Waals surface area contributed by atoms with Gasteiger partial charge in [-0.15, -0.1) is 0 Å². The van der Waals surface area contributed by atoms with Crippen molar-refractivity contribution >= 4 is 28.3 Å². The predicted molar refractivity (Wildman–Crippen MR) is 67.9 cm³/mol. The van der Waals surface area contributed by atoms with Crippen molar-refractivity contribution in [3.05, 3.63) is 59.4 Å². The lowest BCUT2D eigenvalue weighted by molar-refractivity contribution is 0.596. The van der Waals surface area contributed by atoms with Gasteiger partial charge in [0.05, 0.1) is 4.90 Å². The first-order chi connectivity index (χ1) is 8.16. The fraction of sp³-hybridized carbons (Fsp3) is 0. The van der Waals surface area contributed by atoms with E-state index >= 15 is 0 Å². The third kappa shape index (κ3) is 3.05. The summed E-state index contributed by atoms with van der Waals surface area (Å²) in [7, 11) is -1.64. The lowest BCUT2D eigenvalue weighted by Gasteiger charge is -2.06. The average Bonchev–Trinajstić information content (AvgIpc) is 2.30. The first-order valence-electron chi connectivity index (χ1n) is 4.85. The van der Waals surface area contributed by atoms with E-state index in [2.05, 4.69) is 4.72 Å². The molecular formula is C12H9ClFNOS. The van der Waals surface area contributed by atoms with Gasteiger partial charge in [0.25, 0.3) is 0 Å². The quantitative estimate of drug-likeness (QED) is 0.906. The van der Waals surface area contributed by atoms with Crippen molar-refractivity contribution in [3.63, 3.8) is 0 Å². The molecule has 0 amide bonds. The van der Waals surface area contributed by atoms with Gasteiger partial charge in [-0.25, -0.2) is 8.60 Å². The number of para-hydroxylation sites is 1. The van der Waals surface area contributed by atoms with Crippen molar-refractivity contribution in [1.29, 1.82) is 0 Å². The summed E-state index contributed by atoms with van der Waals surface area (Å²) in [6.07, 6.45) is 0. The van der Waals surface area contributed by atoms with E-state index < -0.39 is 16.8 Å². The lowest BCUT2D eigenvalue weighted by atomic mass is 10.3. The van der Waals surface area contributed by atoms with Crippen LogP contribution in [0, 0.1) is 5.82 Å². The summed E-state index contributed by atoms with van der Waals surface area (Å²) in [4.78, 5) is 0.0817. The molecule has 88 valence electrons. The minimum absolute atomic E-state index is 0.0817. The van der Waals surface area contributed by atoms with Crippen LogP contribution >= 0.6 is 11.6 Å². The molecule has 0 fully saturated rings. The molecule has 0 aliphatic heterocycles. The molecule has 2 rings (SSSR count). The molecular weight excluding hydrogens is 261 g/mol. The Morgan fingerprint density at radius 1 is 1.12 bits per heavy atom. The van der Waals surface area contributed by atoms with Crippen LogP contribution in [0.3, 0.4) is 0 Å². The molecule has 17 heavy (non-hydrogen) atoms. The standard InChI is InChI=1S/C12H9ClFNOS/c13-9-6-7-12(11(14)8-9)17(16)15-10-4-2-1-3-5-10/h1-8,15H. The van der Waals surface area contributed by atoms with Crippen LogP contribution in [0.2, 0.25) is 5.02 Å². The Labute approximate surface area is 106 Å². The Morgan fingerprint density at radius 2 is 1.82 bits per heavy atom. The molecule has 0 aromatic heterocycles. The summed E-state index contributed by atoms with van der Waals surface area (Å²) in [6, 6.07) is 13.0. The molecule has 0 aliphatic rings. The second-order valence-corrected chi connectivity index (χ2v) is 4.93. The predicted octanol–water partition coefficient (Wildman–Crippen LogP) is 3.61. The highest BCUT2D eigenvalue weighted by molar-refractivity contribution is 7.86. The third-order valence-corrected chi connectivity index (χ3v) is 3.46. The Kier molecular flexibility index (Phi) is 3.76. The fourth-order valence-corrected chi connectivity index (χ4v) is 2.34. The minimum Gasteiger partial charge on any atom is -0.301 e. The van der Waals surface area contributed by atoms with Crippen LogP contribution < -0.4 is 4.72 Å². The molecule has 1 unspecified atom stereocenters. The maximum atomic E-state index is 13.5. The molecule has 0 saturated carbocycles. The molecule has 0 aliphatic carbocycles. The molecule has 0 spiro atoms. The smallest absolute Gasteiger partial charge is 0.153 e. The number of hydrogen-bond acceptors (Lipinski definition) is 1. The van der Waals surface area contributed by atoms with E-state index in [9.17, 15) is 8.60 Å². The van der Waals surface area contributed by atoms with Crippen LogP contribution in [-0.2, 0) is 11.0 Å². The number of rotatable bonds is 3. The zero-order valence-electron chi connectivity index (χ0n) is 8.69. The van der Waals surface area contributed by atoms with Gasteiger partial charge in [0.15, 0.2) is 11.0 Å². The normalized spacial score (nSPS) is 12.1. The van der Waals surface area contributed by atoms with Crippen LogP contribution in [0.25, 0.3) is 0 Å². The van der Waals surface area contributed by atoms with Crippen molar-refractivity contribution in [1.82, 2.24) is 0 Å². The van der Waals surface area contributed by atoms with Crippen LogP contribution in [0.1, 0.15) is 0 Å². The van der Waals surface area contributed by atoms with E-state index in [1.807, 2.05) is 6.07 Å². The second kappa shape index (κ2) is 5.29. The SMILES string of the molecule is O=S(Nc1ccccc1)c1ccc(Cl)cc1F. The number of anilines is 1. The maximum Gasteiger partial charge on any atom is 0.153 e. The van der Waals surface area contributed by atoms with Gasteiger partial charge in [0.2, 0.25) is 0 Å². The molecule has 1 N–H and O–H groups in total. The van der Waals surface area contributed by atoms with Gasteiger partial charge < -0.3 is 4.72 Å². The summed E-state index contributed by atoms with van der Waals surface area (Å²) in [5.41, 5.74) is 0.667. The largest absolute Gasteiger partial charge is 0.301 e. The topological polar surface area (TPSA) is 29.1 Å². The highest BCUT2D eigenvalue weighted by atomic mass is 35.5. The molecule has 1 atom stereocenters. The number of nitrogens with one attached hydrogen (secondary N) is 1. The lowest BCUT2D eigenvalue weighted by Crippen LogP contribution is -2.06. The van der Waals surface area contributed by atoms with E-state index in [4.69, 9.17) is 11.6 Å². The Morgan fingerprint density at radius 3 is 2.47 bits per heavy atom. The van der Waals surface area contributed by atoms with E-state index in [1.165, 1.54) is 12.1 Å². The zero-order valence-corrected chi connectivity index (χ0v) is 10.3. The summed E-state index contributed by atoms with van der Waals surface area (Å²) < 4.78 is 28.1. The minimum atomic E-state index is -1.64. The maximum absolute atomic E-state index is 13.5. The first kappa shape index (κ1) is 12.1. The van der Waals surface area contributed by atoms with Gasteiger partial charge >= 0.3 is 0 Å². The fourth-order valence-electron chi connectivity index (χ4n) is 1.29. The molecule has 2 nitrogen and oxygen atoms in total. The first-order valence-corrected chi connectivity index (χ1v) is 6.38. The highest BCUT2D eigenvalue weighted by Crippen LogP contribution is 2.19. The molecule has 2 aromatic rings.